The van der Waals surface area contributed by atoms with Crippen LogP contribution in [0.1, 0.15) is 51.2 Å². The molecular formula is C24H28N4O4. The molecule has 32 heavy (non-hydrogen) atoms. The standard InChI is InChI=1S/C24H28N4O4/c1-15(2)20(21(30)22-27-28-23(32-22)24(3,4)5)26-18(29)14-31-19-13-9-12-17(25-19)16-10-7-6-8-11-16/h6-13,15,20H,14H2,1-5H3,(H,26,29)/t20-/m0/s1. The Morgan fingerprint density at radius 2 is 1.75 bits per heavy atom. The summed E-state index contributed by atoms with van der Waals surface area (Å²) < 4.78 is 11.1. The zero-order valence-electron chi connectivity index (χ0n) is 19.0. The molecule has 0 fully saturated rings. The highest BCUT2D eigenvalue weighted by atomic mass is 16.5. The van der Waals surface area contributed by atoms with E-state index in [0.29, 0.717) is 11.8 Å². The van der Waals surface area contributed by atoms with Gasteiger partial charge in [-0.05, 0) is 12.0 Å². The summed E-state index contributed by atoms with van der Waals surface area (Å²) in [6.07, 6.45) is 0. The maximum absolute atomic E-state index is 12.9. The largest absolute Gasteiger partial charge is 0.468 e. The molecule has 0 bridgehead atoms. The van der Waals surface area contributed by atoms with Crippen LogP contribution in [0.25, 0.3) is 11.3 Å². The zero-order chi connectivity index (χ0) is 23.3. The van der Waals surface area contributed by atoms with Gasteiger partial charge in [-0.1, -0.05) is 71.0 Å². The molecule has 1 aromatic carbocycles. The van der Waals surface area contributed by atoms with Gasteiger partial charge in [-0.15, -0.1) is 10.2 Å². The SMILES string of the molecule is CC(C)[C@H](NC(=O)COc1cccc(-c2ccccc2)n1)C(=O)c1nnc(C(C)(C)C)o1. The van der Waals surface area contributed by atoms with Crippen LogP contribution in [0.5, 0.6) is 5.88 Å². The summed E-state index contributed by atoms with van der Waals surface area (Å²) >= 11 is 0. The summed E-state index contributed by atoms with van der Waals surface area (Å²) in [7, 11) is 0. The Bertz CT molecular complexity index is 1070. The predicted molar refractivity (Wildman–Crippen MR) is 119 cm³/mol. The van der Waals surface area contributed by atoms with Crippen LogP contribution in [0, 0.1) is 5.92 Å². The van der Waals surface area contributed by atoms with E-state index in [1.165, 1.54) is 0 Å². The van der Waals surface area contributed by atoms with Crippen molar-refractivity contribution in [2.24, 2.45) is 5.92 Å². The van der Waals surface area contributed by atoms with Gasteiger partial charge >= 0.3 is 0 Å². The lowest BCUT2D eigenvalue weighted by molar-refractivity contribution is -0.123. The Balaban J connectivity index is 1.63. The van der Waals surface area contributed by atoms with Gasteiger partial charge < -0.3 is 14.5 Å². The van der Waals surface area contributed by atoms with Crippen molar-refractivity contribution in [2.45, 2.75) is 46.1 Å². The van der Waals surface area contributed by atoms with E-state index in [1.54, 1.807) is 6.07 Å². The molecule has 2 heterocycles. The molecule has 168 valence electrons. The molecule has 0 aliphatic heterocycles. The van der Waals surface area contributed by atoms with Crippen LogP contribution < -0.4 is 10.1 Å². The van der Waals surface area contributed by atoms with Gasteiger partial charge in [-0.25, -0.2) is 4.98 Å². The first kappa shape index (κ1) is 23.1. The second kappa shape index (κ2) is 9.72. The van der Waals surface area contributed by atoms with Crippen molar-refractivity contribution in [2.75, 3.05) is 6.61 Å². The maximum atomic E-state index is 12.9. The van der Waals surface area contributed by atoms with E-state index < -0.39 is 17.7 Å². The number of benzene rings is 1. The number of hydrogen-bond acceptors (Lipinski definition) is 7. The van der Waals surface area contributed by atoms with Crippen molar-refractivity contribution in [1.29, 1.82) is 0 Å². The van der Waals surface area contributed by atoms with E-state index in [4.69, 9.17) is 9.15 Å². The van der Waals surface area contributed by atoms with E-state index in [1.807, 2.05) is 77.1 Å². The fraction of sp³-hybridized carbons (Fsp3) is 0.375. The number of hydrogen-bond donors (Lipinski definition) is 1. The fourth-order valence-electron chi connectivity index (χ4n) is 2.91. The number of carbonyl (C=O) groups is 2. The lowest BCUT2D eigenvalue weighted by Gasteiger charge is -2.19. The van der Waals surface area contributed by atoms with E-state index in [-0.39, 0.29) is 23.8 Å². The highest BCUT2D eigenvalue weighted by Crippen LogP contribution is 2.22. The number of Topliss-reactive ketones (excluding diaryl/α,β-unsaturated/α-hetero) is 1. The number of nitrogens with one attached hydrogen (secondary N) is 1. The zero-order valence-corrected chi connectivity index (χ0v) is 19.0. The van der Waals surface area contributed by atoms with Gasteiger partial charge in [0.25, 0.3) is 11.8 Å². The van der Waals surface area contributed by atoms with Gasteiger partial charge in [0.05, 0.1) is 11.7 Å². The normalized spacial score (nSPS) is 12.4. The van der Waals surface area contributed by atoms with Gasteiger partial charge in [-0.3, -0.25) is 9.59 Å². The molecule has 8 heteroatoms. The smallest absolute Gasteiger partial charge is 0.286 e. The van der Waals surface area contributed by atoms with Crippen LogP contribution in [0.3, 0.4) is 0 Å². The molecule has 0 radical (unpaired) electrons. The third-order valence-electron chi connectivity index (χ3n) is 4.69. The molecule has 0 saturated heterocycles. The van der Waals surface area contributed by atoms with Gasteiger partial charge in [0, 0.05) is 17.0 Å². The molecule has 3 aromatic rings. The van der Waals surface area contributed by atoms with Gasteiger partial charge in [0.1, 0.15) is 0 Å². The Kier molecular flexibility index (Phi) is 7.02. The van der Waals surface area contributed by atoms with Crippen LogP contribution in [-0.2, 0) is 10.2 Å². The second-order valence-corrected chi connectivity index (χ2v) is 8.83. The molecule has 8 nitrogen and oxygen atoms in total. The summed E-state index contributed by atoms with van der Waals surface area (Å²) in [6, 6.07) is 14.2. The number of pyridine rings is 1. The number of ketones is 1. The van der Waals surface area contributed by atoms with Crippen molar-refractivity contribution in [3.63, 3.8) is 0 Å². The van der Waals surface area contributed by atoms with Gasteiger partial charge in [0.15, 0.2) is 6.61 Å². The number of ether oxygens (including phenoxy) is 1. The Hall–Kier alpha value is -3.55. The summed E-state index contributed by atoms with van der Waals surface area (Å²) in [5.74, 6) is -0.494. The van der Waals surface area contributed by atoms with Gasteiger partial charge in [0.2, 0.25) is 17.6 Å². The second-order valence-electron chi connectivity index (χ2n) is 8.83. The fourth-order valence-corrected chi connectivity index (χ4v) is 2.91. The van der Waals surface area contributed by atoms with E-state index in [9.17, 15) is 9.59 Å². The predicted octanol–water partition coefficient (Wildman–Crippen LogP) is 3.83. The summed E-state index contributed by atoms with van der Waals surface area (Å²) in [5.41, 5.74) is 1.31. The minimum Gasteiger partial charge on any atom is -0.468 e. The molecular weight excluding hydrogens is 408 g/mol. The first-order chi connectivity index (χ1) is 15.1. The average molecular weight is 437 g/mol. The van der Waals surface area contributed by atoms with Crippen molar-refractivity contribution in [1.82, 2.24) is 20.5 Å². The number of nitrogens with zero attached hydrogens (tertiary/aromatic N) is 3. The summed E-state index contributed by atoms with van der Waals surface area (Å²) in [6.45, 7) is 9.11. The molecule has 2 aromatic heterocycles. The van der Waals surface area contributed by atoms with Gasteiger partial charge in [-0.2, -0.15) is 0 Å². The highest BCUT2D eigenvalue weighted by molar-refractivity contribution is 5.98. The lowest BCUT2D eigenvalue weighted by atomic mass is 9.97. The molecule has 3 rings (SSSR count). The number of rotatable bonds is 8. The van der Waals surface area contributed by atoms with Crippen LogP contribution >= 0.6 is 0 Å². The molecule has 0 saturated carbocycles. The Morgan fingerprint density at radius 1 is 1.03 bits per heavy atom. The molecule has 0 aliphatic carbocycles. The molecule has 1 amide bonds. The van der Waals surface area contributed by atoms with Crippen LogP contribution in [0.2, 0.25) is 0 Å². The monoisotopic (exact) mass is 436 g/mol. The quantitative estimate of drug-likeness (QED) is 0.535. The average Bonchev–Trinajstić information content (AvgIpc) is 3.27. The number of amides is 1. The third-order valence-corrected chi connectivity index (χ3v) is 4.69. The van der Waals surface area contributed by atoms with Crippen molar-refractivity contribution in [3.8, 4) is 17.1 Å². The minimum atomic E-state index is -0.817. The molecule has 0 spiro atoms. The topological polar surface area (TPSA) is 107 Å². The van der Waals surface area contributed by atoms with E-state index in [2.05, 4.69) is 20.5 Å². The van der Waals surface area contributed by atoms with E-state index >= 15 is 0 Å². The van der Waals surface area contributed by atoms with Crippen molar-refractivity contribution < 1.29 is 18.7 Å². The Morgan fingerprint density at radius 3 is 2.38 bits per heavy atom. The molecule has 0 unspecified atom stereocenters. The van der Waals surface area contributed by atoms with Crippen LogP contribution in [-0.4, -0.2) is 39.5 Å². The molecule has 1 N–H and O–H groups in total. The summed E-state index contributed by atoms with van der Waals surface area (Å²) in [5, 5.41) is 10.5. The highest BCUT2D eigenvalue weighted by Gasteiger charge is 2.31. The molecule has 0 aliphatic rings. The van der Waals surface area contributed by atoms with Crippen LogP contribution in [0.15, 0.2) is 52.9 Å². The van der Waals surface area contributed by atoms with Crippen LogP contribution in [0.4, 0.5) is 0 Å². The first-order valence-electron chi connectivity index (χ1n) is 10.5. The summed E-state index contributed by atoms with van der Waals surface area (Å²) in [4.78, 5) is 29.8. The maximum Gasteiger partial charge on any atom is 0.286 e. The molecule has 1 atom stereocenters. The Labute approximate surface area is 187 Å². The van der Waals surface area contributed by atoms with Crippen molar-refractivity contribution in [3.05, 3.63) is 60.3 Å². The number of carbonyl (C=O) groups excluding carboxylic acids is 2. The first-order valence-corrected chi connectivity index (χ1v) is 10.5. The third kappa shape index (κ3) is 5.78. The number of aromatic nitrogens is 3. The minimum absolute atomic E-state index is 0.118. The van der Waals surface area contributed by atoms with Crippen molar-refractivity contribution >= 4 is 11.7 Å². The van der Waals surface area contributed by atoms with E-state index in [0.717, 1.165) is 11.3 Å². The lowest BCUT2D eigenvalue weighted by Crippen LogP contribution is -2.46.